The van der Waals surface area contributed by atoms with Crippen LogP contribution in [0.4, 0.5) is 70.2 Å². The fraction of sp³-hybridized carbons (Fsp3) is 1.00. The van der Waals surface area contributed by atoms with Gasteiger partial charge in [-0.1, -0.05) is 0 Å². The van der Waals surface area contributed by atoms with Crippen LogP contribution in [0.2, 0.25) is 0 Å². The monoisotopic (exact) mass is 558 g/mol. The van der Waals surface area contributed by atoms with Gasteiger partial charge in [-0.2, -0.15) is 52.7 Å². The fourth-order valence-corrected chi connectivity index (χ4v) is 2.78. The molecule has 19 heteroatoms. The second-order valence-corrected chi connectivity index (χ2v) is 7.74. The number of epoxide rings is 2. The Kier molecular flexibility index (Phi) is 7.93. The molecule has 0 aromatic carbocycles. The summed E-state index contributed by atoms with van der Waals surface area (Å²) >= 11 is 0. The molecule has 0 aliphatic carbocycles. The Labute approximate surface area is 184 Å². The average Bonchev–Trinajstić information content (AvgIpc) is 3.61. The minimum absolute atomic E-state index is 0.598. The van der Waals surface area contributed by atoms with E-state index in [1.54, 1.807) is 0 Å². The highest BCUT2D eigenvalue weighted by molar-refractivity contribution is 5.06. The number of ether oxygens (including phenoxy) is 3. The van der Waals surface area contributed by atoms with E-state index in [4.69, 9.17) is 0 Å². The van der Waals surface area contributed by atoms with Crippen molar-refractivity contribution in [2.75, 3.05) is 13.2 Å². The van der Waals surface area contributed by atoms with Gasteiger partial charge in [-0.15, -0.1) is 0 Å². The molecule has 0 aromatic heterocycles. The lowest BCUT2D eigenvalue weighted by atomic mass is 9.93. The largest absolute Gasteiger partial charge is 0.380 e. The summed E-state index contributed by atoms with van der Waals surface area (Å²) in [6, 6.07) is 0. The predicted molar refractivity (Wildman–Crippen MR) is 79.1 cm³/mol. The van der Waals surface area contributed by atoms with Crippen LogP contribution in [-0.4, -0.2) is 86.0 Å². The standard InChI is InChI=1S/C16H14F16O3/c17-9(18)13(25,26)15(29,30)11(21,22)7(1-5-3-33-5)35-8(2-6-4-34-6)12(23,24)16(31,32)14(27,28)10(19)20/h5-10H,1-4H2. The number of hydrogen-bond donors (Lipinski definition) is 0. The Hall–Kier alpha value is -1.24. The van der Waals surface area contributed by atoms with Gasteiger partial charge < -0.3 is 14.2 Å². The molecule has 2 saturated heterocycles. The lowest BCUT2D eigenvalue weighted by Crippen LogP contribution is -2.66. The molecule has 0 aromatic rings. The summed E-state index contributed by atoms with van der Waals surface area (Å²) in [5.74, 6) is -40.8. The van der Waals surface area contributed by atoms with Crippen molar-refractivity contribution in [3.8, 4) is 0 Å². The molecule has 2 heterocycles. The zero-order valence-electron chi connectivity index (χ0n) is 16.6. The van der Waals surface area contributed by atoms with E-state index >= 15 is 0 Å². The van der Waals surface area contributed by atoms with Gasteiger partial charge >= 0.3 is 48.4 Å². The van der Waals surface area contributed by atoms with Crippen LogP contribution in [0.3, 0.4) is 0 Å². The van der Waals surface area contributed by atoms with Crippen LogP contribution in [0.1, 0.15) is 12.8 Å². The third-order valence-corrected chi connectivity index (χ3v) is 5.12. The molecule has 208 valence electrons. The Morgan fingerprint density at radius 3 is 1.00 bits per heavy atom. The number of rotatable bonds is 14. The summed E-state index contributed by atoms with van der Waals surface area (Å²) in [5.41, 5.74) is 0. The Morgan fingerprint density at radius 2 is 0.800 bits per heavy atom. The van der Waals surface area contributed by atoms with Crippen molar-refractivity contribution in [2.45, 2.75) is 85.6 Å². The molecule has 0 bridgehead atoms. The number of halogens is 16. The van der Waals surface area contributed by atoms with E-state index in [0.717, 1.165) is 0 Å². The van der Waals surface area contributed by atoms with Gasteiger partial charge in [0, 0.05) is 12.8 Å². The van der Waals surface area contributed by atoms with Crippen molar-refractivity contribution in [1.29, 1.82) is 0 Å². The first kappa shape index (κ1) is 30.0. The highest BCUT2D eigenvalue weighted by atomic mass is 19.4. The van der Waals surface area contributed by atoms with E-state index in [2.05, 4.69) is 14.2 Å². The van der Waals surface area contributed by atoms with E-state index in [0.29, 0.717) is 0 Å². The topological polar surface area (TPSA) is 34.3 Å². The van der Waals surface area contributed by atoms with E-state index in [1.807, 2.05) is 0 Å². The van der Waals surface area contributed by atoms with E-state index < -0.39 is 98.9 Å². The lowest BCUT2D eigenvalue weighted by Gasteiger charge is -2.41. The second kappa shape index (κ2) is 9.25. The minimum Gasteiger partial charge on any atom is -0.373 e. The predicted octanol–water partition coefficient (Wildman–Crippen LogP) is 5.66. The lowest BCUT2D eigenvalue weighted by molar-refractivity contribution is -0.386. The Balaban J connectivity index is 2.50. The smallest absolute Gasteiger partial charge is 0.373 e. The molecular formula is C16H14F16O3. The molecular weight excluding hydrogens is 544 g/mol. The van der Waals surface area contributed by atoms with Gasteiger partial charge in [0.2, 0.25) is 0 Å². The SMILES string of the molecule is FC(F)C(F)(F)C(F)(F)C(F)(F)C(CC1CO1)OC(CC1CO1)C(F)(F)C(F)(F)C(F)(F)C(F)F. The summed E-state index contributed by atoms with van der Waals surface area (Å²) in [7, 11) is 0. The molecule has 4 unspecified atom stereocenters. The van der Waals surface area contributed by atoms with Crippen molar-refractivity contribution in [3.63, 3.8) is 0 Å². The van der Waals surface area contributed by atoms with Gasteiger partial charge in [-0.25, -0.2) is 17.6 Å². The van der Waals surface area contributed by atoms with E-state index in [1.165, 1.54) is 0 Å². The van der Waals surface area contributed by atoms with E-state index in [9.17, 15) is 70.2 Å². The third-order valence-electron chi connectivity index (χ3n) is 5.12. The van der Waals surface area contributed by atoms with Gasteiger partial charge in [0.25, 0.3) is 0 Å². The molecule has 0 amide bonds. The van der Waals surface area contributed by atoms with Crippen LogP contribution in [0.15, 0.2) is 0 Å². The highest BCUT2D eigenvalue weighted by Gasteiger charge is 2.80. The summed E-state index contributed by atoms with van der Waals surface area (Å²) in [6.07, 6.45) is -25.7. The van der Waals surface area contributed by atoms with Gasteiger partial charge in [0.05, 0.1) is 25.4 Å². The van der Waals surface area contributed by atoms with Crippen LogP contribution in [0.5, 0.6) is 0 Å². The number of hydrogen-bond acceptors (Lipinski definition) is 3. The molecule has 0 N–H and O–H groups in total. The highest BCUT2D eigenvalue weighted by Crippen LogP contribution is 2.55. The molecule has 0 saturated carbocycles. The maximum Gasteiger partial charge on any atom is 0.380 e. The first-order valence-electron chi connectivity index (χ1n) is 9.27. The van der Waals surface area contributed by atoms with Crippen LogP contribution < -0.4 is 0 Å². The van der Waals surface area contributed by atoms with Crippen LogP contribution in [0, 0.1) is 0 Å². The number of alkyl halides is 16. The van der Waals surface area contributed by atoms with Gasteiger partial charge in [-0.3, -0.25) is 0 Å². The van der Waals surface area contributed by atoms with Gasteiger partial charge in [0.1, 0.15) is 12.2 Å². The van der Waals surface area contributed by atoms with Gasteiger partial charge in [-0.05, 0) is 0 Å². The zero-order valence-corrected chi connectivity index (χ0v) is 16.6. The molecule has 0 spiro atoms. The van der Waals surface area contributed by atoms with E-state index in [-0.39, 0.29) is 0 Å². The van der Waals surface area contributed by atoms with Crippen molar-refractivity contribution >= 4 is 0 Å². The maximum absolute atomic E-state index is 14.4. The van der Waals surface area contributed by atoms with Gasteiger partial charge in [0.15, 0.2) is 0 Å². The maximum atomic E-state index is 14.4. The van der Waals surface area contributed by atoms with Crippen LogP contribution in [0.25, 0.3) is 0 Å². The quantitative estimate of drug-likeness (QED) is 0.204. The third kappa shape index (κ3) is 5.26. The van der Waals surface area contributed by atoms with Crippen LogP contribution in [-0.2, 0) is 14.2 Å². The zero-order chi connectivity index (χ0) is 27.4. The molecule has 2 aliphatic rings. The van der Waals surface area contributed by atoms with Crippen molar-refractivity contribution < 1.29 is 84.5 Å². The summed E-state index contributed by atoms with van der Waals surface area (Å²) in [5, 5.41) is 0. The summed E-state index contributed by atoms with van der Waals surface area (Å²) in [4.78, 5) is 0. The summed E-state index contributed by atoms with van der Waals surface area (Å²) in [6.45, 7) is -1.20. The first-order chi connectivity index (χ1) is 15.5. The molecule has 2 aliphatic heterocycles. The molecule has 2 rings (SSSR count). The molecule has 2 fully saturated rings. The van der Waals surface area contributed by atoms with Crippen molar-refractivity contribution in [3.05, 3.63) is 0 Å². The van der Waals surface area contributed by atoms with Crippen molar-refractivity contribution in [2.24, 2.45) is 0 Å². The van der Waals surface area contributed by atoms with Crippen molar-refractivity contribution in [1.82, 2.24) is 0 Å². The molecule has 0 radical (unpaired) electrons. The Morgan fingerprint density at radius 1 is 0.543 bits per heavy atom. The molecule has 35 heavy (non-hydrogen) atoms. The first-order valence-corrected chi connectivity index (χ1v) is 9.27. The molecule has 3 nitrogen and oxygen atoms in total. The fourth-order valence-electron chi connectivity index (χ4n) is 2.78. The summed E-state index contributed by atoms with van der Waals surface area (Å²) < 4.78 is 228. The Bertz CT molecular complexity index is 674. The average molecular weight is 558 g/mol. The normalized spacial score (nSPS) is 24.2. The second-order valence-electron chi connectivity index (χ2n) is 7.74. The molecule has 4 atom stereocenters. The minimum atomic E-state index is -7.06. The van der Waals surface area contributed by atoms with Crippen LogP contribution >= 0.6 is 0 Å².